The number of amidine groups is 1. The summed E-state index contributed by atoms with van der Waals surface area (Å²) in [6, 6.07) is 6.86. The van der Waals surface area contributed by atoms with E-state index in [1.807, 2.05) is 13.8 Å². The van der Waals surface area contributed by atoms with Crippen molar-refractivity contribution < 1.29 is 10.0 Å². The number of oxime groups is 1. The molecule has 1 rings (SSSR count). The third-order valence-corrected chi connectivity index (χ3v) is 3.11. The second-order valence-electron chi connectivity index (χ2n) is 4.24. The molecule has 3 N–H and O–H groups in total. The maximum Gasteiger partial charge on any atom is 0.253 e. The molecule has 18 heavy (non-hydrogen) atoms. The van der Waals surface area contributed by atoms with E-state index in [4.69, 9.17) is 10.9 Å². The standard InChI is InChI=1S/C13H19N3O2/c1-4-9(2)16(3)13(17)11-7-5-10(6-8-11)12(14)15-18/h5-9,18H,4H2,1-3H3,(H2,14,15). The van der Waals surface area contributed by atoms with E-state index in [9.17, 15) is 4.79 Å². The first-order valence-corrected chi connectivity index (χ1v) is 5.86. The van der Waals surface area contributed by atoms with Crippen molar-refractivity contribution in [1.82, 2.24) is 4.90 Å². The predicted octanol–water partition coefficient (Wildman–Crippen LogP) is 1.65. The number of rotatable bonds is 4. The van der Waals surface area contributed by atoms with Crippen molar-refractivity contribution in [3.8, 4) is 0 Å². The fourth-order valence-corrected chi connectivity index (χ4v) is 1.52. The van der Waals surface area contributed by atoms with Crippen molar-refractivity contribution >= 4 is 11.7 Å². The predicted molar refractivity (Wildman–Crippen MR) is 70.8 cm³/mol. The fourth-order valence-electron chi connectivity index (χ4n) is 1.52. The molecule has 0 aliphatic rings. The normalized spacial score (nSPS) is 13.2. The molecule has 0 aliphatic carbocycles. The minimum atomic E-state index is -0.0320. The lowest BCUT2D eigenvalue weighted by molar-refractivity contribution is 0.0740. The van der Waals surface area contributed by atoms with Crippen molar-refractivity contribution in [3.63, 3.8) is 0 Å². The first-order chi connectivity index (χ1) is 8.51. The van der Waals surface area contributed by atoms with Crippen LogP contribution in [0.2, 0.25) is 0 Å². The van der Waals surface area contributed by atoms with Crippen molar-refractivity contribution in [2.75, 3.05) is 7.05 Å². The van der Waals surface area contributed by atoms with Crippen LogP contribution in [0, 0.1) is 0 Å². The van der Waals surface area contributed by atoms with Crippen molar-refractivity contribution in [1.29, 1.82) is 0 Å². The number of nitrogens with two attached hydrogens (primary N) is 1. The van der Waals surface area contributed by atoms with Gasteiger partial charge in [-0.15, -0.1) is 0 Å². The van der Waals surface area contributed by atoms with Crippen molar-refractivity contribution in [2.45, 2.75) is 26.3 Å². The molecule has 0 aliphatic heterocycles. The Labute approximate surface area is 107 Å². The summed E-state index contributed by atoms with van der Waals surface area (Å²) in [5.74, 6) is -0.000288. The summed E-state index contributed by atoms with van der Waals surface area (Å²) < 4.78 is 0. The Bertz CT molecular complexity index is 440. The number of benzene rings is 1. The van der Waals surface area contributed by atoms with Gasteiger partial charge in [0.25, 0.3) is 5.91 Å². The zero-order valence-corrected chi connectivity index (χ0v) is 10.9. The molecule has 1 amide bonds. The molecule has 0 aromatic heterocycles. The number of nitrogens with zero attached hydrogens (tertiary/aromatic N) is 2. The number of carbonyl (C=O) groups excluding carboxylic acids is 1. The van der Waals surface area contributed by atoms with Crippen molar-refractivity contribution in [3.05, 3.63) is 35.4 Å². The summed E-state index contributed by atoms with van der Waals surface area (Å²) >= 11 is 0. The highest BCUT2D eigenvalue weighted by atomic mass is 16.4. The molecular formula is C13H19N3O2. The monoisotopic (exact) mass is 249 g/mol. The van der Waals surface area contributed by atoms with Gasteiger partial charge in [-0.05, 0) is 25.5 Å². The van der Waals surface area contributed by atoms with Gasteiger partial charge in [-0.1, -0.05) is 24.2 Å². The average Bonchev–Trinajstić information content (AvgIpc) is 2.44. The number of amides is 1. The molecule has 1 aromatic rings. The molecule has 0 saturated carbocycles. The lowest BCUT2D eigenvalue weighted by Gasteiger charge is -2.23. The van der Waals surface area contributed by atoms with Gasteiger partial charge in [0, 0.05) is 24.2 Å². The van der Waals surface area contributed by atoms with E-state index >= 15 is 0 Å². The molecule has 0 radical (unpaired) electrons. The second kappa shape index (κ2) is 6.05. The van der Waals surface area contributed by atoms with Gasteiger partial charge in [0.05, 0.1) is 0 Å². The molecule has 1 atom stereocenters. The maximum atomic E-state index is 12.1. The van der Waals surface area contributed by atoms with Gasteiger partial charge in [-0.2, -0.15) is 0 Å². The summed E-state index contributed by atoms with van der Waals surface area (Å²) in [4.78, 5) is 13.8. The highest BCUT2D eigenvalue weighted by molar-refractivity contribution is 5.99. The highest BCUT2D eigenvalue weighted by Gasteiger charge is 2.16. The van der Waals surface area contributed by atoms with Crippen LogP contribution < -0.4 is 5.73 Å². The first kappa shape index (κ1) is 14.0. The van der Waals surface area contributed by atoms with Crippen LogP contribution in [0.25, 0.3) is 0 Å². The Balaban J connectivity index is 2.89. The van der Waals surface area contributed by atoms with E-state index in [-0.39, 0.29) is 17.8 Å². The minimum Gasteiger partial charge on any atom is -0.409 e. The van der Waals surface area contributed by atoms with Crippen LogP contribution >= 0.6 is 0 Å². The van der Waals surface area contributed by atoms with Gasteiger partial charge in [-0.25, -0.2) is 0 Å². The van der Waals surface area contributed by atoms with Gasteiger partial charge in [0.1, 0.15) is 0 Å². The molecule has 98 valence electrons. The number of carbonyl (C=O) groups is 1. The Morgan fingerprint density at radius 2 is 1.89 bits per heavy atom. The van der Waals surface area contributed by atoms with E-state index in [0.29, 0.717) is 11.1 Å². The third-order valence-electron chi connectivity index (χ3n) is 3.11. The molecule has 5 heteroatoms. The van der Waals surface area contributed by atoms with Crippen LogP contribution in [0.15, 0.2) is 29.4 Å². The molecular weight excluding hydrogens is 230 g/mol. The molecule has 1 unspecified atom stereocenters. The molecule has 0 saturated heterocycles. The van der Waals surface area contributed by atoms with E-state index in [0.717, 1.165) is 6.42 Å². The van der Waals surface area contributed by atoms with E-state index in [1.165, 1.54) is 0 Å². The summed E-state index contributed by atoms with van der Waals surface area (Å²) in [5, 5.41) is 11.5. The Morgan fingerprint density at radius 1 is 1.39 bits per heavy atom. The first-order valence-electron chi connectivity index (χ1n) is 5.86. The zero-order chi connectivity index (χ0) is 13.7. The number of hydrogen-bond donors (Lipinski definition) is 2. The van der Waals surface area contributed by atoms with E-state index in [2.05, 4.69) is 5.16 Å². The second-order valence-corrected chi connectivity index (χ2v) is 4.24. The van der Waals surface area contributed by atoms with Gasteiger partial charge >= 0.3 is 0 Å². The summed E-state index contributed by atoms with van der Waals surface area (Å²) in [5.41, 5.74) is 6.63. The van der Waals surface area contributed by atoms with E-state index < -0.39 is 0 Å². The van der Waals surface area contributed by atoms with Crippen LogP contribution in [-0.2, 0) is 0 Å². The molecule has 5 nitrogen and oxygen atoms in total. The Morgan fingerprint density at radius 3 is 2.33 bits per heavy atom. The van der Waals surface area contributed by atoms with E-state index in [1.54, 1.807) is 36.2 Å². The van der Waals surface area contributed by atoms with Gasteiger partial charge < -0.3 is 15.8 Å². The summed E-state index contributed by atoms with van der Waals surface area (Å²) in [6.07, 6.45) is 0.907. The van der Waals surface area contributed by atoms with Crippen LogP contribution in [0.3, 0.4) is 0 Å². The molecule has 0 spiro atoms. The van der Waals surface area contributed by atoms with Crippen molar-refractivity contribution in [2.24, 2.45) is 10.9 Å². The topological polar surface area (TPSA) is 78.9 Å². The minimum absolute atomic E-state index is 0.0317. The zero-order valence-electron chi connectivity index (χ0n) is 10.9. The van der Waals surface area contributed by atoms with Gasteiger partial charge in [0.2, 0.25) is 0 Å². The SMILES string of the molecule is CCC(C)N(C)C(=O)c1ccc(/C(N)=N/O)cc1. The lowest BCUT2D eigenvalue weighted by atomic mass is 10.1. The molecule has 0 heterocycles. The summed E-state index contributed by atoms with van der Waals surface area (Å²) in [7, 11) is 1.79. The average molecular weight is 249 g/mol. The Hall–Kier alpha value is -2.04. The fraction of sp³-hybridized carbons (Fsp3) is 0.385. The molecule has 1 aromatic carbocycles. The highest BCUT2D eigenvalue weighted by Crippen LogP contribution is 2.10. The van der Waals surface area contributed by atoms with Crippen LogP contribution in [-0.4, -0.2) is 34.9 Å². The van der Waals surface area contributed by atoms with Gasteiger partial charge in [-0.3, -0.25) is 4.79 Å². The van der Waals surface area contributed by atoms with Crippen LogP contribution in [0.4, 0.5) is 0 Å². The van der Waals surface area contributed by atoms with Crippen LogP contribution in [0.5, 0.6) is 0 Å². The molecule has 0 bridgehead atoms. The quantitative estimate of drug-likeness (QED) is 0.368. The van der Waals surface area contributed by atoms with Crippen LogP contribution in [0.1, 0.15) is 36.2 Å². The third kappa shape index (κ3) is 3.00. The summed E-state index contributed by atoms with van der Waals surface area (Å²) in [6.45, 7) is 4.04. The smallest absolute Gasteiger partial charge is 0.253 e. The van der Waals surface area contributed by atoms with Gasteiger partial charge in [0.15, 0.2) is 5.84 Å². The Kier molecular flexibility index (Phi) is 4.71. The largest absolute Gasteiger partial charge is 0.409 e. The molecule has 0 fully saturated rings. The lowest BCUT2D eigenvalue weighted by Crippen LogP contribution is -2.34. The number of hydrogen-bond acceptors (Lipinski definition) is 3. The maximum absolute atomic E-state index is 12.1.